The van der Waals surface area contributed by atoms with Crippen LogP contribution in [-0.4, -0.2) is 78.8 Å². The fourth-order valence-electron chi connectivity index (χ4n) is 3.94. The Morgan fingerprint density at radius 1 is 1.07 bits per heavy atom. The molecule has 0 aromatic carbocycles. The number of aromatic nitrogens is 3. The zero-order valence-corrected chi connectivity index (χ0v) is 28.8. The minimum Gasteiger partial charge on any atom is -0.476 e. The van der Waals surface area contributed by atoms with Gasteiger partial charge in [0.25, 0.3) is 0 Å². The van der Waals surface area contributed by atoms with Crippen molar-refractivity contribution in [3.8, 4) is 5.88 Å². The molecule has 1 aliphatic heterocycles. The summed E-state index contributed by atoms with van der Waals surface area (Å²) in [7, 11) is 0. The lowest BCUT2D eigenvalue weighted by Gasteiger charge is -2.26. The van der Waals surface area contributed by atoms with Crippen molar-refractivity contribution >= 4 is 23.8 Å². The fourth-order valence-corrected chi connectivity index (χ4v) is 3.94. The van der Waals surface area contributed by atoms with Crippen LogP contribution in [0.15, 0.2) is 30.9 Å². The number of anilines is 2. The fraction of sp³-hybridized carbons (Fsp3) is 0.618. The number of rotatable bonds is 14. The molecular weight excluding hydrogens is 538 g/mol. The topological polar surface area (TPSA) is 116 Å². The first-order valence-corrected chi connectivity index (χ1v) is 16.4. The zero-order chi connectivity index (χ0) is 32.9. The molecule has 2 aromatic heterocycles. The monoisotopic (exact) mass is 602 g/mol. The Morgan fingerprint density at radius 3 is 2.30 bits per heavy atom. The summed E-state index contributed by atoms with van der Waals surface area (Å²) >= 11 is 0. The van der Waals surface area contributed by atoms with Gasteiger partial charge in [-0.1, -0.05) is 93.5 Å². The van der Waals surface area contributed by atoms with E-state index in [2.05, 4.69) is 45.4 Å². The number of nitrogens with zero attached hydrogens (tertiary/aromatic N) is 4. The van der Waals surface area contributed by atoms with Gasteiger partial charge in [-0.05, 0) is 19.3 Å². The number of hydrogen-bond donors (Lipinski definition) is 3. The molecule has 0 aliphatic carbocycles. The first-order chi connectivity index (χ1) is 21.1. The third-order valence-electron chi connectivity index (χ3n) is 5.97. The maximum Gasteiger partial charge on any atom is 0.217 e. The van der Waals surface area contributed by atoms with Crippen LogP contribution < -0.4 is 15.4 Å². The Balaban J connectivity index is 0. The third kappa shape index (κ3) is 17.5. The van der Waals surface area contributed by atoms with E-state index in [9.17, 15) is 0 Å². The highest BCUT2D eigenvalue weighted by atomic mass is 16.5. The molecule has 0 atom stereocenters. The molecule has 246 valence electrons. The van der Waals surface area contributed by atoms with Crippen LogP contribution in [0.4, 0.5) is 11.5 Å². The Hall–Kier alpha value is -3.17. The molecule has 0 bridgehead atoms. The van der Waals surface area contributed by atoms with E-state index in [0.29, 0.717) is 23.9 Å². The largest absolute Gasteiger partial charge is 0.476 e. The van der Waals surface area contributed by atoms with Crippen molar-refractivity contribution in [3.63, 3.8) is 0 Å². The van der Waals surface area contributed by atoms with Crippen molar-refractivity contribution in [3.05, 3.63) is 47.8 Å². The first kappa shape index (κ1) is 42.0. The number of nitrogens with one attached hydrogen (secondary N) is 2. The van der Waals surface area contributed by atoms with E-state index < -0.39 is 0 Å². The number of allylic oxidation sites excluding steroid dienone is 2. The van der Waals surface area contributed by atoms with Gasteiger partial charge in [-0.2, -0.15) is 10.1 Å². The molecular formula is C34H63N7O2. The Bertz CT molecular complexity index is 970. The molecule has 9 nitrogen and oxygen atoms in total. The molecule has 1 aliphatic rings. The third-order valence-corrected chi connectivity index (χ3v) is 5.97. The highest BCUT2D eigenvalue weighted by molar-refractivity contribution is 5.81. The van der Waals surface area contributed by atoms with Crippen LogP contribution >= 0.6 is 0 Å². The van der Waals surface area contributed by atoms with E-state index >= 15 is 0 Å². The van der Waals surface area contributed by atoms with Crippen LogP contribution in [0.25, 0.3) is 6.08 Å². The summed E-state index contributed by atoms with van der Waals surface area (Å²) in [6.07, 6.45) is 11.0. The second kappa shape index (κ2) is 28.9. The van der Waals surface area contributed by atoms with E-state index in [0.717, 1.165) is 82.3 Å². The van der Waals surface area contributed by atoms with Gasteiger partial charge in [0.15, 0.2) is 0 Å². The smallest absolute Gasteiger partial charge is 0.217 e. The average Bonchev–Trinajstić information content (AvgIpc) is 3.47. The predicted octanol–water partition coefficient (Wildman–Crippen LogP) is 7.64. The van der Waals surface area contributed by atoms with E-state index in [1.165, 1.54) is 12.6 Å². The number of pyridine rings is 1. The number of H-pyrrole nitrogens is 1. The minimum atomic E-state index is 0.621. The van der Waals surface area contributed by atoms with Crippen LogP contribution in [0.3, 0.4) is 0 Å². The molecule has 4 N–H and O–H groups in total. The number of morpholine rings is 1. The highest BCUT2D eigenvalue weighted by Gasteiger charge is 2.12. The molecule has 43 heavy (non-hydrogen) atoms. The van der Waals surface area contributed by atoms with Gasteiger partial charge in [-0.3, -0.25) is 10.00 Å². The van der Waals surface area contributed by atoms with Gasteiger partial charge in [-0.15, -0.1) is 0 Å². The van der Waals surface area contributed by atoms with Crippen LogP contribution in [0.5, 0.6) is 5.88 Å². The normalized spacial score (nSPS) is 12.2. The lowest BCUT2D eigenvalue weighted by atomic mass is 10.1. The number of unbranched alkanes of at least 4 members (excludes halogenated alkanes) is 1. The van der Waals surface area contributed by atoms with Crippen molar-refractivity contribution in [2.75, 3.05) is 63.2 Å². The van der Waals surface area contributed by atoms with Gasteiger partial charge in [0.1, 0.15) is 18.1 Å². The quantitative estimate of drug-likeness (QED) is 0.150. The second-order valence-corrected chi connectivity index (χ2v) is 8.83. The molecule has 1 saturated heterocycles. The lowest BCUT2D eigenvalue weighted by Crippen LogP contribution is -2.38. The molecule has 0 spiro atoms. The van der Waals surface area contributed by atoms with Crippen molar-refractivity contribution in [1.29, 1.82) is 5.41 Å². The van der Waals surface area contributed by atoms with E-state index in [4.69, 9.17) is 20.6 Å². The van der Waals surface area contributed by atoms with Crippen molar-refractivity contribution in [2.24, 2.45) is 0 Å². The standard InChI is InChI=1S/C18H32N4O2.C10H13N3.3C2H6/c1-3-5-7-22(6-4-2)17-14-16(19)15-18(20-17)24-13-10-21-8-11-23-12-9-21;1-3-5-6-8-9(4-2)12-13-10(8)7-11;3*1-2/h14-15H,3-13H2,1-2H3,(H2,19,20);3,5-7,11H,1,4H2,2H3,(H,12,13);3*1-2H3/b;6-5-,11-7?;;;. The SMILES string of the molecule is C=C/C=C\c1c(C=N)n[nH]c1CC.CC.CC.CC.CCCCN(CCC)c1cc(N)cc(OCCN2CCOCC2)n1. The molecule has 1 fully saturated rings. The Morgan fingerprint density at radius 2 is 1.74 bits per heavy atom. The summed E-state index contributed by atoms with van der Waals surface area (Å²) in [4.78, 5) is 9.32. The van der Waals surface area contributed by atoms with Crippen LogP contribution in [0.2, 0.25) is 0 Å². The molecule has 2 aromatic rings. The molecule has 9 heteroatoms. The minimum absolute atomic E-state index is 0.621. The number of aryl methyl sites for hydroxylation is 1. The second-order valence-electron chi connectivity index (χ2n) is 8.83. The molecule has 0 saturated carbocycles. The van der Waals surface area contributed by atoms with Crippen molar-refractivity contribution < 1.29 is 9.47 Å². The van der Waals surface area contributed by atoms with E-state index in [1.54, 1.807) is 6.08 Å². The van der Waals surface area contributed by atoms with Gasteiger partial charge in [0, 0.05) is 68.0 Å². The zero-order valence-electron chi connectivity index (χ0n) is 28.8. The van der Waals surface area contributed by atoms with Crippen molar-refractivity contribution in [2.45, 2.75) is 88.0 Å². The van der Waals surface area contributed by atoms with Gasteiger partial charge < -0.3 is 25.5 Å². The maximum absolute atomic E-state index is 7.14. The maximum atomic E-state index is 7.14. The molecule has 0 amide bonds. The van der Waals surface area contributed by atoms with E-state index in [-0.39, 0.29) is 0 Å². The Kier molecular flexibility index (Phi) is 28.2. The summed E-state index contributed by atoms with van der Waals surface area (Å²) < 4.78 is 11.2. The van der Waals surface area contributed by atoms with Gasteiger partial charge in [-0.25, -0.2) is 0 Å². The predicted molar refractivity (Wildman–Crippen MR) is 188 cm³/mol. The number of ether oxygens (including phenoxy) is 2. The lowest BCUT2D eigenvalue weighted by molar-refractivity contribution is 0.0320. The Labute approximate surface area is 263 Å². The summed E-state index contributed by atoms with van der Waals surface area (Å²) in [6.45, 7) is 29.1. The van der Waals surface area contributed by atoms with Crippen molar-refractivity contribution in [1.82, 2.24) is 20.1 Å². The summed E-state index contributed by atoms with van der Waals surface area (Å²) in [5.74, 6) is 1.54. The number of nitrogen functional groups attached to an aromatic ring is 1. The highest BCUT2D eigenvalue weighted by Crippen LogP contribution is 2.22. The molecule has 0 radical (unpaired) electrons. The average molecular weight is 602 g/mol. The number of aromatic amines is 1. The summed E-state index contributed by atoms with van der Waals surface area (Å²) in [5, 5.41) is 14.0. The first-order valence-electron chi connectivity index (χ1n) is 16.4. The molecule has 0 unspecified atom stereocenters. The van der Waals surface area contributed by atoms with Gasteiger partial charge in [0.2, 0.25) is 5.88 Å². The van der Waals surface area contributed by atoms with Crippen LogP contribution in [0, 0.1) is 5.41 Å². The molecule has 3 rings (SSSR count). The van der Waals surface area contributed by atoms with E-state index in [1.807, 2.05) is 72.8 Å². The van der Waals surface area contributed by atoms with Crippen LogP contribution in [0.1, 0.15) is 98.5 Å². The molecule has 3 heterocycles. The van der Waals surface area contributed by atoms with Gasteiger partial charge in [0.05, 0.1) is 13.2 Å². The summed E-state index contributed by atoms with van der Waals surface area (Å²) in [5.41, 5.74) is 9.48. The number of hydrogen-bond acceptors (Lipinski definition) is 8. The van der Waals surface area contributed by atoms with Crippen LogP contribution in [-0.2, 0) is 11.2 Å². The van der Waals surface area contributed by atoms with Gasteiger partial charge >= 0.3 is 0 Å². The number of nitrogens with two attached hydrogens (primary N) is 1. The summed E-state index contributed by atoms with van der Waals surface area (Å²) in [6, 6.07) is 3.76.